The van der Waals surface area contributed by atoms with Crippen LogP contribution in [0.1, 0.15) is 59.3 Å². The summed E-state index contributed by atoms with van der Waals surface area (Å²) >= 11 is 0. The lowest BCUT2D eigenvalue weighted by Crippen LogP contribution is -2.50. The molecule has 1 aliphatic carbocycles. The molecule has 21 heavy (non-hydrogen) atoms. The highest BCUT2D eigenvalue weighted by Gasteiger charge is 2.41. The van der Waals surface area contributed by atoms with Crippen LogP contribution in [-0.4, -0.2) is 41.6 Å². The number of aliphatic carboxylic acids is 1. The summed E-state index contributed by atoms with van der Waals surface area (Å²) in [7, 11) is 1.78. The summed E-state index contributed by atoms with van der Waals surface area (Å²) in [6.07, 6.45) is 4.95. The van der Waals surface area contributed by atoms with Gasteiger partial charge in [0.1, 0.15) is 0 Å². The second-order valence-electron chi connectivity index (χ2n) is 6.51. The summed E-state index contributed by atoms with van der Waals surface area (Å²) in [4.78, 5) is 25.5. The van der Waals surface area contributed by atoms with E-state index in [1.807, 2.05) is 0 Å². The molecule has 2 amide bonds. The molecule has 1 rings (SSSR count). The first-order valence-corrected chi connectivity index (χ1v) is 8.10. The molecule has 2 N–H and O–H groups in total. The van der Waals surface area contributed by atoms with E-state index < -0.39 is 11.4 Å². The highest BCUT2D eigenvalue weighted by atomic mass is 16.4. The predicted molar refractivity (Wildman–Crippen MR) is 83.2 cm³/mol. The molecule has 0 unspecified atom stereocenters. The van der Waals surface area contributed by atoms with Crippen molar-refractivity contribution in [2.24, 2.45) is 11.3 Å². The van der Waals surface area contributed by atoms with Gasteiger partial charge >= 0.3 is 12.0 Å². The van der Waals surface area contributed by atoms with Gasteiger partial charge in [-0.15, -0.1) is 0 Å². The lowest BCUT2D eigenvalue weighted by atomic mass is 9.71. The SMILES string of the molecule is CCC(CC)N(C)C(=O)NCC1(C(=O)O)CCC(C)CC1. The molecule has 1 aliphatic rings. The number of hydrogen-bond donors (Lipinski definition) is 2. The van der Waals surface area contributed by atoms with Crippen molar-refractivity contribution in [2.75, 3.05) is 13.6 Å². The average Bonchev–Trinajstić information content (AvgIpc) is 2.47. The fourth-order valence-corrected chi connectivity index (χ4v) is 3.15. The van der Waals surface area contributed by atoms with Crippen molar-refractivity contribution in [3.8, 4) is 0 Å². The molecule has 0 aromatic rings. The number of nitrogens with one attached hydrogen (secondary N) is 1. The van der Waals surface area contributed by atoms with Gasteiger partial charge in [0, 0.05) is 19.6 Å². The van der Waals surface area contributed by atoms with E-state index in [9.17, 15) is 14.7 Å². The maximum atomic E-state index is 12.2. The van der Waals surface area contributed by atoms with Gasteiger partial charge < -0.3 is 15.3 Å². The van der Waals surface area contributed by atoms with Crippen LogP contribution in [0.25, 0.3) is 0 Å². The maximum absolute atomic E-state index is 12.2. The molecule has 0 aromatic heterocycles. The van der Waals surface area contributed by atoms with Crippen LogP contribution >= 0.6 is 0 Å². The summed E-state index contributed by atoms with van der Waals surface area (Å²) in [5.74, 6) is -0.194. The molecule has 0 heterocycles. The van der Waals surface area contributed by atoms with Crippen molar-refractivity contribution in [3.63, 3.8) is 0 Å². The smallest absolute Gasteiger partial charge is 0.317 e. The summed E-state index contributed by atoms with van der Waals surface area (Å²) in [6.45, 7) is 6.50. The molecule has 0 saturated heterocycles. The molecule has 122 valence electrons. The van der Waals surface area contributed by atoms with Gasteiger partial charge in [-0.3, -0.25) is 4.79 Å². The number of amides is 2. The van der Waals surface area contributed by atoms with E-state index in [1.165, 1.54) is 0 Å². The Balaban J connectivity index is 2.62. The van der Waals surface area contributed by atoms with Gasteiger partial charge in [0.05, 0.1) is 5.41 Å². The number of carboxylic acid groups (broad SMARTS) is 1. The van der Waals surface area contributed by atoms with Crippen LogP contribution in [-0.2, 0) is 4.79 Å². The van der Waals surface area contributed by atoms with E-state index in [0.717, 1.165) is 25.7 Å². The summed E-state index contributed by atoms with van der Waals surface area (Å²) in [5.41, 5.74) is -0.781. The molecule has 1 fully saturated rings. The van der Waals surface area contributed by atoms with E-state index >= 15 is 0 Å². The van der Waals surface area contributed by atoms with Crippen LogP contribution in [0, 0.1) is 11.3 Å². The minimum Gasteiger partial charge on any atom is -0.481 e. The fourth-order valence-electron chi connectivity index (χ4n) is 3.15. The third-order valence-electron chi connectivity index (χ3n) is 5.07. The average molecular weight is 298 g/mol. The molecule has 1 saturated carbocycles. The zero-order valence-electron chi connectivity index (χ0n) is 13.8. The molecule has 0 atom stereocenters. The molecule has 0 spiro atoms. The molecule has 0 aromatic carbocycles. The van der Waals surface area contributed by atoms with Crippen LogP contribution in [0.5, 0.6) is 0 Å². The Morgan fingerprint density at radius 2 is 1.81 bits per heavy atom. The third kappa shape index (κ3) is 4.35. The van der Waals surface area contributed by atoms with Gasteiger partial charge in [-0.05, 0) is 44.4 Å². The lowest BCUT2D eigenvalue weighted by Gasteiger charge is -2.36. The van der Waals surface area contributed by atoms with E-state index in [-0.39, 0.29) is 18.6 Å². The van der Waals surface area contributed by atoms with Crippen LogP contribution in [0.15, 0.2) is 0 Å². The van der Waals surface area contributed by atoms with Crippen molar-refractivity contribution >= 4 is 12.0 Å². The molecule has 0 aliphatic heterocycles. The molecule has 0 radical (unpaired) electrons. The van der Waals surface area contributed by atoms with Crippen LogP contribution < -0.4 is 5.32 Å². The zero-order chi connectivity index (χ0) is 16.0. The van der Waals surface area contributed by atoms with Crippen molar-refractivity contribution < 1.29 is 14.7 Å². The fraction of sp³-hybridized carbons (Fsp3) is 0.875. The quantitative estimate of drug-likeness (QED) is 0.791. The second kappa shape index (κ2) is 7.66. The van der Waals surface area contributed by atoms with E-state index in [1.54, 1.807) is 11.9 Å². The molecular weight excluding hydrogens is 268 g/mol. The number of nitrogens with zero attached hydrogens (tertiary/aromatic N) is 1. The van der Waals surface area contributed by atoms with Gasteiger partial charge in [0.2, 0.25) is 0 Å². The number of carbonyl (C=O) groups is 2. The molecule has 5 heteroatoms. The lowest BCUT2D eigenvalue weighted by molar-refractivity contribution is -0.151. The highest BCUT2D eigenvalue weighted by Crippen LogP contribution is 2.38. The monoisotopic (exact) mass is 298 g/mol. The number of carboxylic acids is 1. The molecule has 0 bridgehead atoms. The van der Waals surface area contributed by atoms with Crippen LogP contribution in [0.3, 0.4) is 0 Å². The number of urea groups is 1. The first kappa shape index (κ1) is 17.8. The Morgan fingerprint density at radius 1 is 1.29 bits per heavy atom. The van der Waals surface area contributed by atoms with Gasteiger partial charge in [0.25, 0.3) is 0 Å². The third-order valence-corrected chi connectivity index (χ3v) is 5.07. The van der Waals surface area contributed by atoms with Crippen molar-refractivity contribution in [3.05, 3.63) is 0 Å². The van der Waals surface area contributed by atoms with Crippen molar-refractivity contribution in [2.45, 2.75) is 65.3 Å². The zero-order valence-corrected chi connectivity index (χ0v) is 13.8. The number of rotatable bonds is 6. The van der Waals surface area contributed by atoms with E-state index in [0.29, 0.717) is 18.8 Å². The Labute approximate surface area is 128 Å². The largest absolute Gasteiger partial charge is 0.481 e. The molecule has 5 nitrogen and oxygen atoms in total. The minimum atomic E-state index is -0.781. The summed E-state index contributed by atoms with van der Waals surface area (Å²) < 4.78 is 0. The van der Waals surface area contributed by atoms with Crippen molar-refractivity contribution in [1.82, 2.24) is 10.2 Å². The summed E-state index contributed by atoms with van der Waals surface area (Å²) in [6, 6.07) is 0.0418. The van der Waals surface area contributed by atoms with Gasteiger partial charge in [-0.2, -0.15) is 0 Å². The topological polar surface area (TPSA) is 69.6 Å². The van der Waals surface area contributed by atoms with E-state index in [2.05, 4.69) is 26.1 Å². The minimum absolute atomic E-state index is 0.164. The standard InChI is InChI=1S/C16H30N2O3/c1-5-13(6-2)18(4)15(21)17-11-16(14(19)20)9-7-12(3)8-10-16/h12-13H,5-11H2,1-4H3,(H,17,21)(H,19,20). The summed E-state index contributed by atoms with van der Waals surface area (Å²) in [5, 5.41) is 12.4. The van der Waals surface area contributed by atoms with Crippen LogP contribution in [0.2, 0.25) is 0 Å². The Morgan fingerprint density at radius 3 is 2.24 bits per heavy atom. The van der Waals surface area contributed by atoms with Crippen molar-refractivity contribution in [1.29, 1.82) is 0 Å². The maximum Gasteiger partial charge on any atom is 0.317 e. The van der Waals surface area contributed by atoms with E-state index in [4.69, 9.17) is 0 Å². The predicted octanol–water partition coefficient (Wildman–Crippen LogP) is 3.10. The van der Waals surface area contributed by atoms with Gasteiger partial charge in [-0.1, -0.05) is 20.8 Å². The first-order valence-electron chi connectivity index (χ1n) is 8.10. The second-order valence-corrected chi connectivity index (χ2v) is 6.51. The number of carbonyl (C=O) groups excluding carboxylic acids is 1. The first-order chi connectivity index (χ1) is 9.86. The van der Waals surface area contributed by atoms with Gasteiger partial charge in [-0.25, -0.2) is 4.79 Å². The number of hydrogen-bond acceptors (Lipinski definition) is 2. The Kier molecular flexibility index (Phi) is 6.49. The Bertz CT molecular complexity index is 359. The Hall–Kier alpha value is -1.26. The van der Waals surface area contributed by atoms with Crippen LogP contribution in [0.4, 0.5) is 4.79 Å². The van der Waals surface area contributed by atoms with Gasteiger partial charge in [0.15, 0.2) is 0 Å². The molecular formula is C16H30N2O3. The highest BCUT2D eigenvalue weighted by molar-refractivity contribution is 5.78. The normalized spacial score (nSPS) is 25.7.